The Hall–Kier alpha value is -1.94. The zero-order valence-corrected chi connectivity index (χ0v) is 16.6. The summed E-state index contributed by atoms with van der Waals surface area (Å²) >= 11 is 1.66. The third-order valence-electron chi connectivity index (χ3n) is 4.13. The molecule has 2 aromatic carbocycles. The molecule has 0 atom stereocenters. The Morgan fingerprint density at radius 3 is 2.58 bits per heavy atom. The topological polar surface area (TPSA) is 38.3 Å². The lowest BCUT2D eigenvalue weighted by Crippen LogP contribution is -2.26. The Kier molecular flexibility index (Phi) is 9.11. The molecular formula is C22H29NO2S. The van der Waals surface area contributed by atoms with Gasteiger partial charge in [-0.1, -0.05) is 49.4 Å². The van der Waals surface area contributed by atoms with Gasteiger partial charge in [0, 0.05) is 12.3 Å². The first-order chi connectivity index (χ1) is 12.7. The van der Waals surface area contributed by atoms with Crippen LogP contribution in [0.2, 0.25) is 0 Å². The molecule has 0 aliphatic carbocycles. The number of carbonyl (C=O) groups excluding carboxylic acids is 1. The second-order valence-electron chi connectivity index (χ2n) is 6.33. The number of ether oxygens (including phenoxy) is 1. The lowest BCUT2D eigenvalue weighted by Gasteiger charge is -2.11. The van der Waals surface area contributed by atoms with Gasteiger partial charge in [0.1, 0.15) is 5.75 Å². The summed E-state index contributed by atoms with van der Waals surface area (Å²) in [6.45, 7) is 5.66. The smallest absolute Gasteiger partial charge is 0.230 e. The summed E-state index contributed by atoms with van der Waals surface area (Å²) in [4.78, 5) is 12.0. The van der Waals surface area contributed by atoms with E-state index in [0.29, 0.717) is 12.3 Å². The maximum Gasteiger partial charge on any atom is 0.230 e. The van der Waals surface area contributed by atoms with E-state index in [4.69, 9.17) is 4.74 Å². The highest BCUT2D eigenvalue weighted by Gasteiger charge is 2.05. The van der Waals surface area contributed by atoms with Gasteiger partial charge < -0.3 is 10.1 Å². The number of carbonyl (C=O) groups is 1. The molecule has 0 fully saturated rings. The van der Waals surface area contributed by atoms with Crippen LogP contribution in [0.5, 0.6) is 5.75 Å². The van der Waals surface area contributed by atoms with Gasteiger partial charge in [-0.3, -0.25) is 4.79 Å². The minimum absolute atomic E-state index is 0.110. The monoisotopic (exact) mass is 371 g/mol. The Bertz CT molecular complexity index is 687. The molecule has 0 saturated carbocycles. The average Bonchev–Trinajstić information content (AvgIpc) is 2.66. The lowest BCUT2D eigenvalue weighted by molar-refractivity contribution is -0.118. The molecule has 1 amide bonds. The van der Waals surface area contributed by atoms with Crippen LogP contribution in [-0.4, -0.2) is 24.8 Å². The summed E-state index contributed by atoms with van der Waals surface area (Å²) in [6.07, 6.45) is 2.84. The van der Waals surface area contributed by atoms with Crippen molar-refractivity contribution in [3.05, 3.63) is 65.2 Å². The van der Waals surface area contributed by atoms with E-state index in [-0.39, 0.29) is 5.91 Å². The fourth-order valence-electron chi connectivity index (χ4n) is 2.65. The molecule has 0 saturated heterocycles. The van der Waals surface area contributed by atoms with Crippen molar-refractivity contribution in [2.24, 2.45) is 0 Å². The predicted molar refractivity (Wildman–Crippen MR) is 111 cm³/mol. The minimum atomic E-state index is 0.110. The summed E-state index contributed by atoms with van der Waals surface area (Å²) in [5.41, 5.74) is 3.79. The maximum atomic E-state index is 12.0. The molecule has 0 bridgehead atoms. The number of nitrogens with one attached hydrogen (secondary N) is 1. The molecule has 0 heterocycles. The zero-order chi connectivity index (χ0) is 18.6. The molecule has 1 N–H and O–H groups in total. The van der Waals surface area contributed by atoms with Crippen LogP contribution in [0.25, 0.3) is 0 Å². The van der Waals surface area contributed by atoms with Crippen molar-refractivity contribution in [3.8, 4) is 5.75 Å². The fraction of sp³-hybridized carbons (Fsp3) is 0.409. The van der Waals surface area contributed by atoms with Crippen LogP contribution in [-0.2, 0) is 17.0 Å². The van der Waals surface area contributed by atoms with Crippen molar-refractivity contribution in [1.29, 1.82) is 0 Å². The van der Waals surface area contributed by atoms with Crippen molar-refractivity contribution in [2.45, 2.75) is 38.9 Å². The van der Waals surface area contributed by atoms with E-state index in [9.17, 15) is 4.79 Å². The van der Waals surface area contributed by atoms with Gasteiger partial charge in [0.25, 0.3) is 0 Å². The molecule has 0 spiro atoms. The van der Waals surface area contributed by atoms with E-state index in [1.54, 1.807) is 11.8 Å². The minimum Gasteiger partial charge on any atom is -0.493 e. The Labute approximate surface area is 161 Å². The molecule has 2 rings (SSSR count). The summed E-state index contributed by atoms with van der Waals surface area (Å²) in [7, 11) is 0. The van der Waals surface area contributed by atoms with Crippen molar-refractivity contribution >= 4 is 17.7 Å². The summed E-state index contributed by atoms with van der Waals surface area (Å²) in [5.74, 6) is 2.46. The quantitative estimate of drug-likeness (QED) is 0.579. The number of thioether (sulfide) groups is 1. The van der Waals surface area contributed by atoms with Crippen molar-refractivity contribution in [2.75, 3.05) is 18.9 Å². The van der Waals surface area contributed by atoms with Crippen LogP contribution >= 0.6 is 11.8 Å². The second-order valence-corrected chi connectivity index (χ2v) is 7.31. The first-order valence-electron chi connectivity index (χ1n) is 9.30. The van der Waals surface area contributed by atoms with E-state index in [2.05, 4.69) is 37.4 Å². The molecule has 140 valence electrons. The summed E-state index contributed by atoms with van der Waals surface area (Å²) in [6, 6.07) is 16.5. The van der Waals surface area contributed by atoms with Gasteiger partial charge in [-0.05, 0) is 48.9 Å². The largest absolute Gasteiger partial charge is 0.493 e. The number of aryl methyl sites for hydroxylation is 2. The number of hydrogen-bond acceptors (Lipinski definition) is 3. The van der Waals surface area contributed by atoms with Gasteiger partial charge in [0.15, 0.2) is 0 Å². The zero-order valence-electron chi connectivity index (χ0n) is 15.8. The molecule has 0 aliphatic heterocycles. The fourth-order valence-corrected chi connectivity index (χ4v) is 3.58. The lowest BCUT2D eigenvalue weighted by atomic mass is 10.1. The Morgan fingerprint density at radius 2 is 1.81 bits per heavy atom. The van der Waals surface area contributed by atoms with Crippen LogP contribution in [0.4, 0.5) is 0 Å². The SMILES string of the molecule is CCCOc1ccccc1CCCNC(=O)CSCc1ccccc1C. The van der Waals surface area contributed by atoms with Gasteiger partial charge in [-0.25, -0.2) is 0 Å². The van der Waals surface area contributed by atoms with E-state index < -0.39 is 0 Å². The van der Waals surface area contributed by atoms with Gasteiger partial charge in [0.05, 0.1) is 12.4 Å². The van der Waals surface area contributed by atoms with Crippen molar-refractivity contribution < 1.29 is 9.53 Å². The molecule has 3 nitrogen and oxygen atoms in total. The molecule has 2 aromatic rings. The van der Waals surface area contributed by atoms with E-state index in [0.717, 1.165) is 37.4 Å². The van der Waals surface area contributed by atoms with Crippen molar-refractivity contribution in [1.82, 2.24) is 5.32 Å². The van der Waals surface area contributed by atoms with Crippen LogP contribution in [0.3, 0.4) is 0 Å². The van der Waals surface area contributed by atoms with Gasteiger partial charge in [0.2, 0.25) is 5.91 Å². The maximum absolute atomic E-state index is 12.0. The van der Waals surface area contributed by atoms with E-state index >= 15 is 0 Å². The van der Waals surface area contributed by atoms with Gasteiger partial charge in [-0.2, -0.15) is 0 Å². The average molecular weight is 372 g/mol. The van der Waals surface area contributed by atoms with E-state index in [1.165, 1.54) is 16.7 Å². The number of amides is 1. The van der Waals surface area contributed by atoms with Crippen LogP contribution in [0, 0.1) is 6.92 Å². The number of hydrogen-bond donors (Lipinski definition) is 1. The highest BCUT2D eigenvalue weighted by molar-refractivity contribution is 7.99. The van der Waals surface area contributed by atoms with Crippen LogP contribution in [0.15, 0.2) is 48.5 Å². The highest BCUT2D eigenvalue weighted by Crippen LogP contribution is 2.19. The third-order valence-corrected chi connectivity index (χ3v) is 5.11. The van der Waals surface area contributed by atoms with Gasteiger partial charge >= 0.3 is 0 Å². The number of benzene rings is 2. The Morgan fingerprint density at radius 1 is 1.08 bits per heavy atom. The first-order valence-corrected chi connectivity index (χ1v) is 10.5. The highest BCUT2D eigenvalue weighted by atomic mass is 32.2. The normalized spacial score (nSPS) is 10.5. The molecule has 0 aliphatic rings. The molecule has 0 radical (unpaired) electrons. The van der Waals surface area contributed by atoms with E-state index in [1.807, 2.05) is 30.3 Å². The summed E-state index contributed by atoms with van der Waals surface area (Å²) < 4.78 is 5.78. The van der Waals surface area contributed by atoms with Gasteiger partial charge in [-0.15, -0.1) is 11.8 Å². The van der Waals surface area contributed by atoms with Crippen LogP contribution < -0.4 is 10.1 Å². The second kappa shape index (κ2) is 11.6. The molecule has 0 unspecified atom stereocenters. The molecule has 0 aromatic heterocycles. The third kappa shape index (κ3) is 7.12. The van der Waals surface area contributed by atoms with Crippen molar-refractivity contribution in [3.63, 3.8) is 0 Å². The standard InChI is InChI=1S/C22H29NO2S/c1-3-15-25-21-13-7-6-10-19(21)12-8-14-23-22(24)17-26-16-20-11-5-4-9-18(20)2/h4-7,9-11,13H,3,8,12,14-17H2,1-2H3,(H,23,24). The predicted octanol–water partition coefficient (Wildman–Crippen LogP) is 4.77. The summed E-state index contributed by atoms with van der Waals surface area (Å²) in [5, 5.41) is 3.02. The molecule has 4 heteroatoms. The van der Waals surface area contributed by atoms with Crippen LogP contribution in [0.1, 0.15) is 36.5 Å². The first kappa shape index (κ1) is 20.4. The number of rotatable bonds is 11. The molecular weight excluding hydrogens is 342 g/mol. The molecule has 26 heavy (non-hydrogen) atoms. The Balaban J connectivity index is 1.64. The number of para-hydroxylation sites is 1.